The lowest BCUT2D eigenvalue weighted by Crippen LogP contribution is -2.21. The minimum absolute atomic E-state index is 0.203. The van der Waals surface area contributed by atoms with E-state index in [1.807, 2.05) is 6.07 Å². The molecule has 0 saturated heterocycles. The third-order valence-corrected chi connectivity index (χ3v) is 3.17. The number of aryl methyl sites for hydroxylation is 1. The molecule has 124 valence electrons. The van der Waals surface area contributed by atoms with Crippen molar-refractivity contribution in [3.63, 3.8) is 0 Å². The number of nitrogens with one attached hydrogen (secondary N) is 2. The van der Waals surface area contributed by atoms with Gasteiger partial charge in [0.05, 0.1) is 5.56 Å². The van der Waals surface area contributed by atoms with Gasteiger partial charge in [0.1, 0.15) is 0 Å². The normalized spacial score (nSPS) is 9.92. The summed E-state index contributed by atoms with van der Waals surface area (Å²) in [5.41, 5.74) is 2.28. The number of ether oxygens (including phenoxy) is 1. The summed E-state index contributed by atoms with van der Waals surface area (Å²) in [6.07, 6.45) is 0. The number of hydrogen-bond donors (Lipinski definition) is 2. The summed E-state index contributed by atoms with van der Waals surface area (Å²) < 4.78 is 5.02. The summed E-state index contributed by atoms with van der Waals surface area (Å²) in [5, 5.41) is 5.23. The van der Waals surface area contributed by atoms with Gasteiger partial charge in [0.25, 0.3) is 5.91 Å². The fourth-order valence-electron chi connectivity index (χ4n) is 2.09. The van der Waals surface area contributed by atoms with Crippen LogP contribution in [0, 0.1) is 6.92 Å². The van der Waals surface area contributed by atoms with E-state index in [4.69, 9.17) is 4.74 Å². The molecule has 0 bridgehead atoms. The van der Waals surface area contributed by atoms with Crippen molar-refractivity contribution in [3.8, 4) is 0 Å². The van der Waals surface area contributed by atoms with Crippen LogP contribution in [0.1, 0.15) is 22.8 Å². The Labute approximate surface area is 139 Å². The van der Waals surface area contributed by atoms with E-state index >= 15 is 0 Å². The molecule has 2 aromatic rings. The van der Waals surface area contributed by atoms with Gasteiger partial charge in [0.15, 0.2) is 6.61 Å². The van der Waals surface area contributed by atoms with E-state index in [-0.39, 0.29) is 5.91 Å². The van der Waals surface area contributed by atoms with E-state index in [0.29, 0.717) is 16.9 Å². The summed E-state index contributed by atoms with van der Waals surface area (Å²) in [6.45, 7) is 2.80. The van der Waals surface area contributed by atoms with Crippen molar-refractivity contribution in [1.29, 1.82) is 0 Å². The first-order valence-electron chi connectivity index (χ1n) is 7.36. The van der Waals surface area contributed by atoms with Crippen LogP contribution in [0.15, 0.2) is 48.5 Å². The van der Waals surface area contributed by atoms with Gasteiger partial charge in [-0.3, -0.25) is 9.59 Å². The molecule has 0 atom stereocenters. The monoisotopic (exact) mass is 326 g/mol. The Morgan fingerprint density at radius 3 is 2.29 bits per heavy atom. The number of carbonyl (C=O) groups is 3. The Morgan fingerprint density at radius 1 is 0.958 bits per heavy atom. The fourth-order valence-corrected chi connectivity index (χ4v) is 2.09. The van der Waals surface area contributed by atoms with E-state index in [2.05, 4.69) is 10.6 Å². The molecule has 0 saturated carbocycles. The van der Waals surface area contributed by atoms with E-state index in [9.17, 15) is 14.4 Å². The Morgan fingerprint density at radius 2 is 1.62 bits per heavy atom. The summed E-state index contributed by atoms with van der Waals surface area (Å²) in [7, 11) is 0. The molecule has 6 heteroatoms. The van der Waals surface area contributed by atoms with Crippen molar-refractivity contribution in [3.05, 3.63) is 59.7 Å². The predicted molar refractivity (Wildman–Crippen MR) is 90.8 cm³/mol. The topological polar surface area (TPSA) is 84.5 Å². The Balaban J connectivity index is 1.91. The van der Waals surface area contributed by atoms with Crippen molar-refractivity contribution < 1.29 is 19.1 Å². The molecule has 2 amide bonds. The lowest BCUT2D eigenvalue weighted by molar-refractivity contribution is -0.119. The van der Waals surface area contributed by atoms with Crippen LogP contribution >= 0.6 is 0 Å². The largest absolute Gasteiger partial charge is 0.452 e. The second-order valence-corrected chi connectivity index (χ2v) is 5.20. The summed E-state index contributed by atoms with van der Waals surface area (Å²) >= 11 is 0. The molecule has 0 heterocycles. The van der Waals surface area contributed by atoms with Crippen molar-refractivity contribution in [2.45, 2.75) is 13.8 Å². The number of benzene rings is 2. The van der Waals surface area contributed by atoms with Gasteiger partial charge < -0.3 is 15.4 Å². The second-order valence-electron chi connectivity index (χ2n) is 5.20. The van der Waals surface area contributed by atoms with Gasteiger partial charge in [-0.2, -0.15) is 0 Å². The lowest BCUT2D eigenvalue weighted by Gasteiger charge is -2.09. The van der Waals surface area contributed by atoms with Crippen LogP contribution in [-0.4, -0.2) is 24.4 Å². The zero-order chi connectivity index (χ0) is 17.5. The quantitative estimate of drug-likeness (QED) is 0.828. The maximum Gasteiger partial charge on any atom is 0.338 e. The third-order valence-electron chi connectivity index (χ3n) is 3.17. The van der Waals surface area contributed by atoms with Gasteiger partial charge in [-0.05, 0) is 36.8 Å². The Hall–Kier alpha value is -3.15. The van der Waals surface area contributed by atoms with Gasteiger partial charge in [-0.1, -0.05) is 24.3 Å². The van der Waals surface area contributed by atoms with Gasteiger partial charge in [-0.25, -0.2) is 4.79 Å². The lowest BCUT2D eigenvalue weighted by atomic mass is 10.1. The SMILES string of the molecule is CC(=O)Nc1cccc(NC(=O)COC(=O)c2ccccc2C)c1. The molecule has 2 rings (SSSR count). The minimum atomic E-state index is -0.546. The average Bonchev–Trinajstić information content (AvgIpc) is 2.53. The van der Waals surface area contributed by atoms with Gasteiger partial charge in [0.2, 0.25) is 5.91 Å². The molecule has 0 aliphatic carbocycles. The van der Waals surface area contributed by atoms with Crippen LogP contribution in [0.25, 0.3) is 0 Å². The first-order chi connectivity index (χ1) is 11.5. The maximum atomic E-state index is 11.9. The molecule has 0 aromatic heterocycles. The van der Waals surface area contributed by atoms with E-state index in [0.717, 1.165) is 5.56 Å². The molecule has 0 spiro atoms. The van der Waals surface area contributed by atoms with Crippen LogP contribution in [0.3, 0.4) is 0 Å². The molecular weight excluding hydrogens is 308 g/mol. The molecule has 0 unspecified atom stereocenters. The highest BCUT2D eigenvalue weighted by atomic mass is 16.5. The van der Waals surface area contributed by atoms with Crippen LogP contribution in [0.5, 0.6) is 0 Å². The van der Waals surface area contributed by atoms with Crippen LogP contribution in [-0.2, 0) is 14.3 Å². The number of rotatable bonds is 5. The van der Waals surface area contributed by atoms with Gasteiger partial charge in [-0.15, -0.1) is 0 Å². The predicted octanol–water partition coefficient (Wildman–Crippen LogP) is 2.75. The molecule has 6 nitrogen and oxygen atoms in total. The number of amides is 2. The second kappa shape index (κ2) is 7.92. The number of carbonyl (C=O) groups excluding carboxylic acids is 3. The van der Waals surface area contributed by atoms with Crippen LogP contribution in [0.4, 0.5) is 11.4 Å². The van der Waals surface area contributed by atoms with E-state index in [1.165, 1.54) is 6.92 Å². The Bertz CT molecular complexity index is 771. The first kappa shape index (κ1) is 17.2. The molecule has 0 fully saturated rings. The number of anilines is 2. The van der Waals surface area contributed by atoms with Crippen molar-refractivity contribution in [2.75, 3.05) is 17.2 Å². The highest BCUT2D eigenvalue weighted by molar-refractivity contribution is 5.96. The van der Waals surface area contributed by atoms with E-state index in [1.54, 1.807) is 49.4 Å². The van der Waals surface area contributed by atoms with Crippen molar-refractivity contribution in [1.82, 2.24) is 0 Å². The summed E-state index contributed by atoms with van der Waals surface area (Å²) in [4.78, 5) is 34.9. The van der Waals surface area contributed by atoms with E-state index < -0.39 is 18.5 Å². The zero-order valence-electron chi connectivity index (χ0n) is 13.5. The molecule has 2 aromatic carbocycles. The summed E-state index contributed by atoms with van der Waals surface area (Å²) in [5.74, 6) is -1.21. The minimum Gasteiger partial charge on any atom is -0.452 e. The van der Waals surface area contributed by atoms with Crippen LogP contribution in [0.2, 0.25) is 0 Å². The van der Waals surface area contributed by atoms with Gasteiger partial charge >= 0.3 is 5.97 Å². The van der Waals surface area contributed by atoms with Crippen molar-refractivity contribution >= 4 is 29.2 Å². The van der Waals surface area contributed by atoms with Crippen molar-refractivity contribution in [2.24, 2.45) is 0 Å². The maximum absolute atomic E-state index is 11.9. The zero-order valence-corrected chi connectivity index (χ0v) is 13.5. The molecule has 0 aliphatic rings. The highest BCUT2D eigenvalue weighted by Gasteiger charge is 2.12. The molecule has 2 N–H and O–H groups in total. The molecule has 24 heavy (non-hydrogen) atoms. The highest BCUT2D eigenvalue weighted by Crippen LogP contribution is 2.15. The van der Waals surface area contributed by atoms with Gasteiger partial charge in [0, 0.05) is 18.3 Å². The fraction of sp³-hybridized carbons (Fsp3) is 0.167. The molecule has 0 radical (unpaired) electrons. The third kappa shape index (κ3) is 4.95. The molecular formula is C18H18N2O4. The summed E-state index contributed by atoms with van der Waals surface area (Å²) in [6, 6.07) is 13.7. The van der Waals surface area contributed by atoms with Crippen LogP contribution < -0.4 is 10.6 Å². The Kier molecular flexibility index (Phi) is 5.68. The standard InChI is InChI=1S/C18H18N2O4/c1-12-6-3-4-9-16(12)18(23)24-11-17(22)20-15-8-5-7-14(10-15)19-13(2)21/h3-10H,11H2,1-2H3,(H,19,21)(H,20,22). The smallest absolute Gasteiger partial charge is 0.338 e. The first-order valence-corrected chi connectivity index (χ1v) is 7.36. The molecule has 0 aliphatic heterocycles. The average molecular weight is 326 g/mol. The number of esters is 1. The number of hydrogen-bond acceptors (Lipinski definition) is 4.